The third-order valence-corrected chi connectivity index (χ3v) is 4.90. The predicted octanol–water partition coefficient (Wildman–Crippen LogP) is 2.35. The molecule has 6 nitrogen and oxygen atoms in total. The average Bonchev–Trinajstić information content (AvgIpc) is 2.78. The minimum absolute atomic E-state index is 0.150. The Morgan fingerprint density at radius 2 is 2.00 bits per heavy atom. The van der Waals surface area contributed by atoms with E-state index in [4.69, 9.17) is 19.4 Å². The van der Waals surface area contributed by atoms with E-state index in [2.05, 4.69) is 22.5 Å². The highest BCUT2D eigenvalue weighted by molar-refractivity contribution is 5.61. The molecule has 1 aliphatic rings. The van der Waals surface area contributed by atoms with Gasteiger partial charge in [-0.1, -0.05) is 12.2 Å². The zero-order chi connectivity index (χ0) is 19.5. The molecule has 1 aliphatic carbocycles. The van der Waals surface area contributed by atoms with Crippen LogP contribution in [0.15, 0.2) is 42.7 Å². The number of nitrogens with one attached hydrogen (secondary N) is 1. The van der Waals surface area contributed by atoms with Crippen molar-refractivity contribution in [3.05, 3.63) is 58.9 Å². The number of ether oxygens (including phenoxy) is 2. The van der Waals surface area contributed by atoms with Gasteiger partial charge in [0.2, 0.25) is 0 Å². The molecule has 1 unspecified atom stereocenters. The van der Waals surface area contributed by atoms with Crippen LogP contribution in [0, 0.1) is 0 Å². The molecular formula is C22H22N4O2. The number of aromatic nitrogens is 3. The number of hydrogen-bond donors (Lipinski definition) is 1. The Kier molecular flexibility index (Phi) is 4.93. The second kappa shape index (κ2) is 7.68. The van der Waals surface area contributed by atoms with Crippen LogP contribution in [0.1, 0.15) is 17.9 Å². The first-order valence-electron chi connectivity index (χ1n) is 9.13. The molecule has 1 atom stereocenters. The molecule has 1 aromatic carbocycles. The maximum Gasteiger partial charge on any atom is 0.163 e. The van der Waals surface area contributed by atoms with Crippen molar-refractivity contribution in [2.24, 2.45) is 0 Å². The largest absolute Gasteiger partial charge is 0.497 e. The van der Waals surface area contributed by atoms with Crippen LogP contribution >= 0.6 is 0 Å². The number of fused-ring (bicyclic) bond motifs is 1. The van der Waals surface area contributed by atoms with E-state index in [0.29, 0.717) is 5.82 Å². The predicted molar refractivity (Wildman–Crippen MR) is 110 cm³/mol. The summed E-state index contributed by atoms with van der Waals surface area (Å²) in [4.78, 5) is 13.6. The molecule has 3 aromatic rings. The number of methoxy groups -OCH3 is 2. The lowest BCUT2D eigenvalue weighted by Crippen LogP contribution is -2.35. The molecule has 0 bridgehead atoms. The van der Waals surface area contributed by atoms with Crippen molar-refractivity contribution in [3.63, 3.8) is 0 Å². The van der Waals surface area contributed by atoms with Crippen LogP contribution < -0.4 is 25.4 Å². The molecule has 2 aromatic heterocycles. The number of nitrogens with zero attached hydrogens (tertiary/aromatic N) is 3. The lowest BCUT2D eigenvalue weighted by Gasteiger charge is -2.19. The summed E-state index contributed by atoms with van der Waals surface area (Å²) in [6.07, 6.45) is 8.69. The Balaban J connectivity index is 1.83. The van der Waals surface area contributed by atoms with Crippen molar-refractivity contribution in [1.82, 2.24) is 15.0 Å². The number of pyridine rings is 1. The molecule has 6 heteroatoms. The SMILES string of the molecule is CNc1nc(-c2cccnc2)nc2c1=CC(c1cc(OC)ccc1OC)CC=2. The Morgan fingerprint density at radius 3 is 2.71 bits per heavy atom. The number of anilines is 1. The van der Waals surface area contributed by atoms with Crippen LogP contribution in [0.25, 0.3) is 23.5 Å². The van der Waals surface area contributed by atoms with Gasteiger partial charge in [0.25, 0.3) is 0 Å². The van der Waals surface area contributed by atoms with Gasteiger partial charge in [-0.15, -0.1) is 0 Å². The van der Waals surface area contributed by atoms with Gasteiger partial charge in [-0.25, -0.2) is 9.97 Å². The van der Waals surface area contributed by atoms with Crippen LogP contribution in [-0.2, 0) is 0 Å². The summed E-state index contributed by atoms with van der Waals surface area (Å²) in [5.74, 6) is 3.27. The van der Waals surface area contributed by atoms with E-state index in [-0.39, 0.29) is 5.92 Å². The first-order chi connectivity index (χ1) is 13.7. The summed E-state index contributed by atoms with van der Waals surface area (Å²) in [6, 6.07) is 9.73. The minimum atomic E-state index is 0.150. The maximum absolute atomic E-state index is 5.58. The summed E-state index contributed by atoms with van der Waals surface area (Å²) in [5, 5.41) is 5.13. The van der Waals surface area contributed by atoms with E-state index < -0.39 is 0 Å². The number of rotatable bonds is 5. The van der Waals surface area contributed by atoms with Crippen molar-refractivity contribution < 1.29 is 9.47 Å². The van der Waals surface area contributed by atoms with Crippen LogP contribution in [0.2, 0.25) is 0 Å². The summed E-state index contributed by atoms with van der Waals surface area (Å²) in [5.41, 5.74) is 1.98. The Labute approximate surface area is 163 Å². The zero-order valence-electron chi connectivity index (χ0n) is 16.1. The molecule has 0 amide bonds. The van der Waals surface area contributed by atoms with Crippen molar-refractivity contribution in [2.45, 2.75) is 12.3 Å². The fourth-order valence-corrected chi connectivity index (χ4v) is 3.48. The van der Waals surface area contributed by atoms with Crippen LogP contribution in [0.5, 0.6) is 11.5 Å². The lowest BCUT2D eigenvalue weighted by molar-refractivity contribution is 0.398. The lowest BCUT2D eigenvalue weighted by atomic mass is 9.90. The van der Waals surface area contributed by atoms with Crippen molar-refractivity contribution in [1.29, 1.82) is 0 Å². The Bertz CT molecular complexity index is 1110. The van der Waals surface area contributed by atoms with Crippen LogP contribution in [0.3, 0.4) is 0 Å². The number of hydrogen-bond acceptors (Lipinski definition) is 6. The fraction of sp³-hybridized carbons (Fsp3) is 0.227. The molecular weight excluding hydrogens is 352 g/mol. The first kappa shape index (κ1) is 18.0. The maximum atomic E-state index is 5.58. The molecule has 0 spiro atoms. The summed E-state index contributed by atoms with van der Waals surface area (Å²) >= 11 is 0. The molecule has 2 heterocycles. The van der Waals surface area contributed by atoms with Gasteiger partial charge in [0.1, 0.15) is 17.3 Å². The normalized spacial score (nSPS) is 15.0. The van der Waals surface area contributed by atoms with Gasteiger partial charge in [0.05, 0.1) is 19.6 Å². The van der Waals surface area contributed by atoms with Crippen LogP contribution in [0.4, 0.5) is 5.82 Å². The highest BCUT2D eigenvalue weighted by Gasteiger charge is 2.18. The Morgan fingerprint density at radius 1 is 1.11 bits per heavy atom. The van der Waals surface area contributed by atoms with Crippen molar-refractivity contribution in [2.75, 3.05) is 26.6 Å². The summed E-state index contributed by atoms with van der Waals surface area (Å²) in [7, 11) is 5.23. The first-order valence-corrected chi connectivity index (χ1v) is 9.13. The quantitative estimate of drug-likeness (QED) is 0.739. The molecule has 28 heavy (non-hydrogen) atoms. The van der Waals surface area contributed by atoms with Gasteiger partial charge in [-0.2, -0.15) is 0 Å². The second-order valence-electron chi connectivity index (χ2n) is 6.51. The fourth-order valence-electron chi connectivity index (χ4n) is 3.48. The van der Waals surface area contributed by atoms with Crippen molar-refractivity contribution in [3.8, 4) is 22.9 Å². The average molecular weight is 374 g/mol. The second-order valence-corrected chi connectivity index (χ2v) is 6.51. The summed E-state index contributed by atoms with van der Waals surface area (Å²) < 4.78 is 11.0. The number of benzene rings is 1. The molecule has 0 saturated carbocycles. The highest BCUT2D eigenvalue weighted by Crippen LogP contribution is 2.34. The third kappa shape index (κ3) is 3.29. The molecule has 0 radical (unpaired) electrons. The Hall–Kier alpha value is -3.41. The topological polar surface area (TPSA) is 69.2 Å². The zero-order valence-corrected chi connectivity index (χ0v) is 16.1. The van der Waals surface area contributed by atoms with Gasteiger partial charge in [0, 0.05) is 41.7 Å². The molecule has 0 fully saturated rings. The van der Waals surface area contributed by atoms with Crippen LogP contribution in [-0.4, -0.2) is 36.2 Å². The third-order valence-electron chi connectivity index (χ3n) is 4.90. The van der Waals surface area contributed by atoms with Gasteiger partial charge < -0.3 is 14.8 Å². The van der Waals surface area contributed by atoms with Gasteiger partial charge in [-0.05, 0) is 36.8 Å². The minimum Gasteiger partial charge on any atom is -0.497 e. The molecule has 1 N–H and O–H groups in total. The van der Waals surface area contributed by atoms with E-state index in [1.165, 1.54) is 0 Å². The van der Waals surface area contributed by atoms with E-state index in [0.717, 1.165) is 45.4 Å². The van der Waals surface area contributed by atoms with E-state index in [1.54, 1.807) is 26.6 Å². The molecule has 0 aliphatic heterocycles. The van der Waals surface area contributed by atoms with Gasteiger partial charge in [0.15, 0.2) is 5.82 Å². The smallest absolute Gasteiger partial charge is 0.163 e. The summed E-state index contributed by atoms with van der Waals surface area (Å²) in [6.45, 7) is 0. The molecule has 4 rings (SSSR count). The van der Waals surface area contributed by atoms with E-state index in [9.17, 15) is 0 Å². The molecule has 142 valence electrons. The van der Waals surface area contributed by atoms with E-state index in [1.807, 2.05) is 37.4 Å². The standard InChI is InChI=1S/C22H22N4O2/c1-23-22-18-11-14(17-12-16(27-2)7-9-20(17)28-3)6-8-19(18)25-21(26-22)15-5-4-10-24-13-15/h4-5,7-14H,6H2,1-3H3,(H,23,25,26). The van der Waals surface area contributed by atoms with E-state index >= 15 is 0 Å². The van der Waals surface area contributed by atoms with Crippen molar-refractivity contribution >= 4 is 18.0 Å². The highest BCUT2D eigenvalue weighted by atomic mass is 16.5. The van der Waals surface area contributed by atoms with Gasteiger partial charge in [-0.3, -0.25) is 4.98 Å². The van der Waals surface area contributed by atoms with Gasteiger partial charge >= 0.3 is 0 Å². The monoisotopic (exact) mass is 374 g/mol. The molecule has 0 saturated heterocycles.